The van der Waals surface area contributed by atoms with Gasteiger partial charge in [0.15, 0.2) is 0 Å². The van der Waals surface area contributed by atoms with Gasteiger partial charge in [-0.2, -0.15) is 0 Å². The van der Waals surface area contributed by atoms with E-state index in [1.807, 2.05) is 12.4 Å². The van der Waals surface area contributed by atoms with Gasteiger partial charge in [0, 0.05) is 48.6 Å². The molecule has 2 unspecified atom stereocenters. The van der Waals surface area contributed by atoms with Crippen LogP contribution in [0.4, 0.5) is 0 Å². The molecule has 3 nitrogen and oxygen atoms in total. The van der Waals surface area contributed by atoms with Crippen molar-refractivity contribution in [2.24, 2.45) is 11.3 Å². The molecule has 0 amide bonds. The molecule has 1 saturated heterocycles. The van der Waals surface area contributed by atoms with Crippen LogP contribution in [0.1, 0.15) is 40.2 Å². The molecule has 118 valence electrons. The maximum absolute atomic E-state index is 4.30. The molecular formula is C17H28BrN3. The Bertz CT molecular complexity index is 467. The van der Waals surface area contributed by atoms with E-state index < -0.39 is 0 Å². The van der Waals surface area contributed by atoms with E-state index in [2.05, 4.69) is 71.8 Å². The average molecular weight is 354 g/mol. The van der Waals surface area contributed by atoms with E-state index in [9.17, 15) is 0 Å². The zero-order valence-corrected chi connectivity index (χ0v) is 15.4. The molecule has 0 saturated carbocycles. The van der Waals surface area contributed by atoms with Crippen LogP contribution in [0.25, 0.3) is 0 Å². The number of halogens is 1. The lowest BCUT2D eigenvalue weighted by Crippen LogP contribution is -2.61. The maximum atomic E-state index is 4.30. The molecule has 1 aromatic heterocycles. The molecule has 0 aromatic carbocycles. The van der Waals surface area contributed by atoms with Gasteiger partial charge in [-0.15, -0.1) is 0 Å². The lowest BCUT2D eigenvalue weighted by Gasteiger charge is -2.47. The van der Waals surface area contributed by atoms with Crippen LogP contribution < -0.4 is 5.32 Å². The van der Waals surface area contributed by atoms with E-state index in [0.29, 0.717) is 18.0 Å². The van der Waals surface area contributed by atoms with E-state index in [1.165, 1.54) is 5.56 Å². The summed E-state index contributed by atoms with van der Waals surface area (Å²) in [6.45, 7) is 14.7. The second-order valence-electron chi connectivity index (χ2n) is 7.58. The van der Waals surface area contributed by atoms with Crippen LogP contribution in [0.15, 0.2) is 22.9 Å². The molecule has 21 heavy (non-hydrogen) atoms. The highest BCUT2D eigenvalue weighted by atomic mass is 79.9. The predicted octanol–water partition coefficient (Wildman–Crippen LogP) is 3.69. The Labute approximate surface area is 137 Å². The monoisotopic (exact) mass is 353 g/mol. The van der Waals surface area contributed by atoms with Crippen molar-refractivity contribution in [3.63, 3.8) is 0 Å². The van der Waals surface area contributed by atoms with Crippen LogP contribution in [0.5, 0.6) is 0 Å². The second kappa shape index (κ2) is 6.76. The lowest BCUT2D eigenvalue weighted by molar-refractivity contribution is 0.0399. The Hall–Kier alpha value is -0.450. The van der Waals surface area contributed by atoms with Crippen molar-refractivity contribution in [1.82, 2.24) is 15.2 Å². The molecular weight excluding hydrogens is 326 g/mol. The van der Waals surface area contributed by atoms with Gasteiger partial charge in [-0.25, -0.2) is 0 Å². The average Bonchev–Trinajstić information content (AvgIpc) is 2.37. The van der Waals surface area contributed by atoms with Crippen molar-refractivity contribution in [2.75, 3.05) is 13.1 Å². The molecule has 1 aliphatic rings. The van der Waals surface area contributed by atoms with Gasteiger partial charge in [0.05, 0.1) is 0 Å². The summed E-state index contributed by atoms with van der Waals surface area (Å²) in [5.74, 6) is 0.661. The van der Waals surface area contributed by atoms with Crippen LogP contribution in [0, 0.1) is 11.3 Å². The first-order valence-corrected chi connectivity index (χ1v) is 8.63. The summed E-state index contributed by atoms with van der Waals surface area (Å²) < 4.78 is 1.06. The molecule has 2 rings (SSSR count). The third-order valence-electron chi connectivity index (χ3n) is 4.40. The first kappa shape index (κ1) is 16.9. The fourth-order valence-corrected chi connectivity index (χ4v) is 3.50. The van der Waals surface area contributed by atoms with Crippen molar-refractivity contribution in [3.8, 4) is 0 Å². The number of nitrogens with one attached hydrogen (secondary N) is 1. The third-order valence-corrected chi connectivity index (χ3v) is 4.83. The van der Waals surface area contributed by atoms with Crippen LogP contribution in [-0.2, 0) is 6.54 Å². The molecule has 0 bridgehead atoms. The second-order valence-corrected chi connectivity index (χ2v) is 8.50. The fraction of sp³-hybridized carbons (Fsp3) is 0.706. The van der Waals surface area contributed by atoms with E-state index in [4.69, 9.17) is 0 Å². The zero-order valence-electron chi connectivity index (χ0n) is 13.9. The number of hydrogen-bond donors (Lipinski definition) is 1. The summed E-state index contributed by atoms with van der Waals surface area (Å²) in [5, 5.41) is 3.74. The van der Waals surface area contributed by atoms with Gasteiger partial charge < -0.3 is 5.32 Å². The normalized spacial score (nSPS) is 24.5. The number of hydrogen-bond acceptors (Lipinski definition) is 3. The highest BCUT2D eigenvalue weighted by Crippen LogP contribution is 2.29. The summed E-state index contributed by atoms with van der Waals surface area (Å²) in [7, 11) is 0. The lowest BCUT2D eigenvalue weighted by atomic mass is 9.83. The summed E-state index contributed by atoms with van der Waals surface area (Å²) >= 11 is 3.52. The maximum Gasteiger partial charge on any atom is 0.0410 e. The summed E-state index contributed by atoms with van der Waals surface area (Å²) in [4.78, 5) is 6.93. The van der Waals surface area contributed by atoms with Crippen LogP contribution in [0.3, 0.4) is 0 Å². The van der Waals surface area contributed by atoms with E-state index >= 15 is 0 Å². The number of piperazine rings is 1. The van der Waals surface area contributed by atoms with E-state index in [-0.39, 0.29) is 5.41 Å². The summed E-state index contributed by atoms with van der Waals surface area (Å²) in [6.07, 6.45) is 3.83. The van der Waals surface area contributed by atoms with Crippen molar-refractivity contribution in [3.05, 3.63) is 28.5 Å². The molecule has 1 aliphatic heterocycles. The van der Waals surface area contributed by atoms with Gasteiger partial charge in [-0.05, 0) is 38.9 Å². The van der Waals surface area contributed by atoms with Crippen LogP contribution in [0.2, 0.25) is 0 Å². The molecule has 1 aromatic rings. The zero-order chi connectivity index (χ0) is 15.6. The Morgan fingerprint density at radius 1 is 1.38 bits per heavy atom. The van der Waals surface area contributed by atoms with Gasteiger partial charge in [-0.1, -0.05) is 34.6 Å². The van der Waals surface area contributed by atoms with Gasteiger partial charge in [0.1, 0.15) is 0 Å². The first-order chi connectivity index (χ1) is 9.77. The van der Waals surface area contributed by atoms with Crippen LogP contribution in [-0.4, -0.2) is 35.1 Å². The fourth-order valence-electron chi connectivity index (χ4n) is 3.09. The van der Waals surface area contributed by atoms with Crippen molar-refractivity contribution in [1.29, 1.82) is 0 Å². The van der Waals surface area contributed by atoms with Crippen molar-refractivity contribution < 1.29 is 0 Å². The largest absolute Gasteiger partial charge is 0.311 e. The number of rotatable bonds is 3. The van der Waals surface area contributed by atoms with Gasteiger partial charge in [0.25, 0.3) is 0 Å². The SMILES string of the molecule is CC(C)C1CN(Cc2cncc(Br)c2)C(C(C)(C)C)CN1. The summed E-state index contributed by atoms with van der Waals surface area (Å²) in [5.41, 5.74) is 1.55. The third kappa shape index (κ3) is 4.51. The molecule has 2 atom stereocenters. The van der Waals surface area contributed by atoms with E-state index in [0.717, 1.165) is 24.1 Å². The highest BCUT2D eigenvalue weighted by molar-refractivity contribution is 9.10. The van der Waals surface area contributed by atoms with Crippen LogP contribution >= 0.6 is 15.9 Å². The number of nitrogens with zero attached hydrogens (tertiary/aromatic N) is 2. The number of pyridine rings is 1. The molecule has 0 aliphatic carbocycles. The molecule has 0 spiro atoms. The predicted molar refractivity (Wildman–Crippen MR) is 92.2 cm³/mol. The quantitative estimate of drug-likeness (QED) is 0.897. The smallest absolute Gasteiger partial charge is 0.0410 e. The van der Waals surface area contributed by atoms with E-state index in [1.54, 1.807) is 0 Å². The minimum Gasteiger partial charge on any atom is -0.311 e. The van der Waals surface area contributed by atoms with Gasteiger partial charge in [0.2, 0.25) is 0 Å². The molecule has 4 heteroatoms. The molecule has 1 N–H and O–H groups in total. The summed E-state index contributed by atoms with van der Waals surface area (Å²) in [6, 6.07) is 3.30. The Morgan fingerprint density at radius 3 is 2.67 bits per heavy atom. The van der Waals surface area contributed by atoms with Gasteiger partial charge in [-0.3, -0.25) is 9.88 Å². The molecule has 0 radical (unpaired) electrons. The van der Waals surface area contributed by atoms with Crippen molar-refractivity contribution in [2.45, 2.75) is 53.2 Å². The Balaban J connectivity index is 2.17. The standard InChI is InChI=1S/C17H28BrN3/c1-12(2)15-11-21(16(9-20-15)17(3,4)5)10-13-6-14(18)8-19-7-13/h6-8,12,15-16,20H,9-11H2,1-5H3. The minimum absolute atomic E-state index is 0.272. The molecule has 1 fully saturated rings. The molecule has 2 heterocycles. The van der Waals surface area contributed by atoms with Gasteiger partial charge >= 0.3 is 0 Å². The first-order valence-electron chi connectivity index (χ1n) is 7.84. The minimum atomic E-state index is 0.272. The topological polar surface area (TPSA) is 28.2 Å². The van der Waals surface area contributed by atoms with Crippen molar-refractivity contribution >= 4 is 15.9 Å². The Kier molecular flexibility index (Phi) is 5.44. The number of aromatic nitrogens is 1. The Morgan fingerprint density at radius 2 is 2.10 bits per heavy atom. The highest BCUT2D eigenvalue weighted by Gasteiger charge is 2.36.